The fourth-order valence-electron chi connectivity index (χ4n) is 4.45. The van der Waals surface area contributed by atoms with Gasteiger partial charge in [0, 0.05) is 48.6 Å². The average molecular weight is 476 g/mol. The summed E-state index contributed by atoms with van der Waals surface area (Å²) in [7, 11) is -2.84. The van der Waals surface area contributed by atoms with Crippen LogP contribution in [0, 0.1) is 11.8 Å². The molecule has 2 saturated heterocycles. The van der Waals surface area contributed by atoms with Crippen LogP contribution in [0.1, 0.15) is 31.4 Å². The molecule has 0 bridgehead atoms. The van der Waals surface area contributed by atoms with E-state index < -0.39 is 9.84 Å². The van der Waals surface area contributed by atoms with Gasteiger partial charge in [0.2, 0.25) is 0 Å². The van der Waals surface area contributed by atoms with Gasteiger partial charge < -0.3 is 10.6 Å². The third-order valence-corrected chi connectivity index (χ3v) is 8.48. The second kappa shape index (κ2) is 10.3. The van der Waals surface area contributed by atoms with Crippen LogP contribution in [-0.2, 0) is 21.1 Å². The van der Waals surface area contributed by atoms with E-state index in [2.05, 4.69) is 15.6 Å². The molecule has 0 aliphatic carbocycles. The van der Waals surface area contributed by atoms with Crippen LogP contribution < -0.4 is 10.6 Å². The van der Waals surface area contributed by atoms with Crippen LogP contribution in [0.2, 0.25) is 5.02 Å². The molecule has 172 valence electrons. The topological polar surface area (TPSA) is 88.2 Å². The highest BCUT2D eigenvalue weighted by molar-refractivity contribution is 7.91. The van der Waals surface area contributed by atoms with Gasteiger partial charge in [0.25, 0.3) is 0 Å². The Kier molecular flexibility index (Phi) is 7.48. The molecule has 2 N–H and O–H groups in total. The molecule has 0 unspecified atom stereocenters. The van der Waals surface area contributed by atoms with Crippen LogP contribution in [-0.4, -0.2) is 50.3 Å². The zero-order valence-corrected chi connectivity index (χ0v) is 19.7. The van der Waals surface area contributed by atoms with Gasteiger partial charge in [-0.05, 0) is 61.9 Å². The van der Waals surface area contributed by atoms with Crippen molar-refractivity contribution < 1.29 is 13.2 Å². The van der Waals surface area contributed by atoms with Gasteiger partial charge in [-0.1, -0.05) is 23.7 Å². The van der Waals surface area contributed by atoms with E-state index in [0.29, 0.717) is 30.2 Å². The Bertz CT molecular complexity index is 1050. The van der Waals surface area contributed by atoms with Crippen LogP contribution in [0.5, 0.6) is 0 Å². The molecular formula is C24H30ClN3O3S. The normalized spacial score (nSPS) is 21.2. The van der Waals surface area contributed by atoms with E-state index in [1.807, 2.05) is 30.3 Å². The summed E-state index contributed by atoms with van der Waals surface area (Å²) in [4.78, 5) is 17.1. The van der Waals surface area contributed by atoms with Gasteiger partial charge in [-0.25, -0.2) is 8.42 Å². The van der Waals surface area contributed by atoms with Crippen molar-refractivity contribution in [1.29, 1.82) is 0 Å². The highest BCUT2D eigenvalue weighted by Crippen LogP contribution is 2.30. The first-order chi connectivity index (χ1) is 15.4. The molecule has 0 amide bonds. The van der Waals surface area contributed by atoms with E-state index in [1.54, 1.807) is 6.20 Å². The second-order valence-corrected chi connectivity index (χ2v) is 11.6. The first-order valence-corrected chi connectivity index (χ1v) is 13.5. The molecule has 8 heteroatoms. The van der Waals surface area contributed by atoms with Gasteiger partial charge in [0.1, 0.15) is 15.6 Å². The van der Waals surface area contributed by atoms with E-state index in [4.69, 9.17) is 11.6 Å². The number of benzene rings is 1. The predicted molar refractivity (Wildman–Crippen MR) is 129 cm³/mol. The van der Waals surface area contributed by atoms with Gasteiger partial charge >= 0.3 is 0 Å². The Labute approximate surface area is 195 Å². The zero-order valence-electron chi connectivity index (χ0n) is 18.1. The summed E-state index contributed by atoms with van der Waals surface area (Å²) in [5.74, 6) is 1.21. The van der Waals surface area contributed by atoms with Crippen molar-refractivity contribution in [1.82, 2.24) is 10.3 Å². The summed E-state index contributed by atoms with van der Waals surface area (Å²) in [6.07, 6.45) is 5.33. The number of anilines is 1. The summed E-state index contributed by atoms with van der Waals surface area (Å²) in [5.41, 5.74) is 3.52. The molecule has 6 nitrogen and oxygen atoms in total. The molecule has 0 radical (unpaired) electrons. The van der Waals surface area contributed by atoms with E-state index in [-0.39, 0.29) is 23.2 Å². The maximum atomic E-state index is 12.7. The van der Waals surface area contributed by atoms with Gasteiger partial charge in [-0.15, -0.1) is 0 Å². The lowest BCUT2D eigenvalue weighted by atomic mass is 9.92. The molecule has 1 aromatic carbocycles. The Morgan fingerprint density at radius 1 is 1.19 bits per heavy atom. The third kappa shape index (κ3) is 6.09. The van der Waals surface area contributed by atoms with Gasteiger partial charge in [0.05, 0.1) is 16.5 Å². The number of sulfone groups is 1. The molecule has 0 saturated carbocycles. The maximum absolute atomic E-state index is 12.7. The highest BCUT2D eigenvalue weighted by Gasteiger charge is 2.24. The second-order valence-electron chi connectivity index (χ2n) is 8.90. The first-order valence-electron chi connectivity index (χ1n) is 11.3. The molecule has 2 aliphatic heterocycles. The Hall–Kier alpha value is -1.96. The predicted octanol–water partition coefficient (Wildman–Crippen LogP) is 3.75. The number of nitrogens with one attached hydrogen (secondary N) is 2. The van der Waals surface area contributed by atoms with Crippen LogP contribution >= 0.6 is 11.6 Å². The summed E-state index contributed by atoms with van der Waals surface area (Å²) in [6.45, 7) is 2.48. The molecule has 2 aromatic rings. The third-order valence-electron chi connectivity index (χ3n) is 6.46. The van der Waals surface area contributed by atoms with E-state index in [0.717, 1.165) is 55.0 Å². The van der Waals surface area contributed by atoms with Crippen LogP contribution in [0.15, 0.2) is 36.5 Å². The number of piperidine rings is 1. The number of halogens is 1. The molecule has 2 fully saturated rings. The minimum Gasteiger partial charge on any atom is -0.385 e. The van der Waals surface area contributed by atoms with Crippen molar-refractivity contribution in [2.24, 2.45) is 11.8 Å². The number of rotatable bonds is 7. The first kappa shape index (κ1) is 23.2. The van der Waals surface area contributed by atoms with Crippen LogP contribution in [0.3, 0.4) is 0 Å². The minimum absolute atomic E-state index is 0.0620. The molecule has 3 heterocycles. The molecule has 0 spiro atoms. The van der Waals surface area contributed by atoms with Gasteiger partial charge in [0.15, 0.2) is 0 Å². The number of ketones is 1. The number of carbonyl (C=O) groups excluding carboxylic acids is 1. The smallest absolute Gasteiger partial charge is 0.150 e. The minimum atomic E-state index is -2.84. The quantitative estimate of drug-likeness (QED) is 0.634. The van der Waals surface area contributed by atoms with Gasteiger partial charge in [-0.2, -0.15) is 0 Å². The number of nitrogens with zero attached hydrogens (tertiary/aromatic N) is 1. The summed E-state index contributed by atoms with van der Waals surface area (Å²) in [5, 5.41) is 7.29. The monoisotopic (exact) mass is 475 g/mol. The van der Waals surface area contributed by atoms with Crippen LogP contribution in [0.25, 0.3) is 11.1 Å². The van der Waals surface area contributed by atoms with Crippen molar-refractivity contribution in [2.75, 3.05) is 36.5 Å². The molecular weight excluding hydrogens is 446 g/mol. The maximum Gasteiger partial charge on any atom is 0.150 e. The average Bonchev–Trinajstić information content (AvgIpc) is 2.80. The molecule has 2 aliphatic rings. The lowest BCUT2D eigenvalue weighted by molar-refractivity contribution is -0.122. The Morgan fingerprint density at radius 3 is 2.75 bits per heavy atom. The SMILES string of the molecule is O=C(Cc1cc(-c2cccc(NCC3CCS(=O)(=O)CC3)c2)c(Cl)cn1)[C@@H]1CCCNC1. The van der Waals surface area contributed by atoms with Crippen molar-refractivity contribution in [3.05, 3.63) is 47.2 Å². The van der Waals surface area contributed by atoms with E-state index in [1.165, 1.54) is 0 Å². The number of carbonyl (C=O) groups is 1. The molecule has 4 rings (SSSR count). The summed E-state index contributed by atoms with van der Waals surface area (Å²) < 4.78 is 23.3. The van der Waals surface area contributed by atoms with Crippen molar-refractivity contribution in [3.63, 3.8) is 0 Å². The number of Topliss-reactive ketones (excluding diaryl/α,β-unsaturated/α-hetero) is 1. The highest BCUT2D eigenvalue weighted by atomic mass is 35.5. The lowest BCUT2D eigenvalue weighted by Crippen LogP contribution is -2.35. The number of hydrogen-bond donors (Lipinski definition) is 2. The fraction of sp³-hybridized carbons (Fsp3) is 0.500. The summed E-state index contributed by atoms with van der Waals surface area (Å²) in [6, 6.07) is 9.92. The van der Waals surface area contributed by atoms with Crippen molar-refractivity contribution in [3.8, 4) is 11.1 Å². The number of aromatic nitrogens is 1. The zero-order chi connectivity index (χ0) is 22.6. The standard InChI is InChI=1S/C24H30ClN3O3S/c25-23-16-28-21(13-24(29)19-4-2-8-26-15-19)12-22(23)18-3-1-5-20(11-18)27-14-17-6-9-32(30,31)10-7-17/h1,3,5,11-12,16-17,19,26-27H,2,4,6-10,13-15H2/t19-/m1/s1. The van der Waals surface area contributed by atoms with E-state index >= 15 is 0 Å². The largest absolute Gasteiger partial charge is 0.385 e. The molecule has 1 aromatic heterocycles. The van der Waals surface area contributed by atoms with Gasteiger partial charge in [-0.3, -0.25) is 9.78 Å². The number of pyridine rings is 1. The van der Waals surface area contributed by atoms with Crippen molar-refractivity contribution in [2.45, 2.75) is 32.1 Å². The summed E-state index contributed by atoms with van der Waals surface area (Å²) >= 11 is 6.46. The van der Waals surface area contributed by atoms with Crippen molar-refractivity contribution >= 4 is 32.9 Å². The van der Waals surface area contributed by atoms with E-state index in [9.17, 15) is 13.2 Å². The number of hydrogen-bond acceptors (Lipinski definition) is 6. The van der Waals surface area contributed by atoms with Crippen LogP contribution in [0.4, 0.5) is 5.69 Å². The Balaban J connectivity index is 1.42. The molecule has 32 heavy (non-hydrogen) atoms. The molecule has 1 atom stereocenters. The lowest BCUT2D eigenvalue weighted by Gasteiger charge is -2.22. The Morgan fingerprint density at radius 2 is 2.00 bits per heavy atom. The fourth-order valence-corrected chi connectivity index (χ4v) is 6.25.